The van der Waals surface area contributed by atoms with Crippen molar-refractivity contribution in [3.63, 3.8) is 0 Å². The van der Waals surface area contributed by atoms with Gasteiger partial charge in [-0.15, -0.1) is 0 Å². The average molecular weight is 241 g/mol. The summed E-state index contributed by atoms with van der Waals surface area (Å²) in [4.78, 5) is 13.7. The van der Waals surface area contributed by atoms with Gasteiger partial charge in [0, 0.05) is 32.3 Å². The molecule has 3 N–H and O–H groups in total. The first-order chi connectivity index (χ1) is 8.15. The number of primary amides is 1. The lowest BCUT2D eigenvalue weighted by atomic mass is 10.2. The molecule has 2 aliphatic rings. The predicted molar refractivity (Wildman–Crippen MR) is 65.6 cm³/mol. The van der Waals surface area contributed by atoms with Gasteiger partial charge in [0.05, 0.1) is 12.1 Å². The first-order valence-corrected chi connectivity index (χ1v) is 6.54. The molecular weight excluding hydrogens is 218 g/mol. The quantitative estimate of drug-likeness (QED) is 0.693. The zero-order valence-electron chi connectivity index (χ0n) is 10.5. The van der Waals surface area contributed by atoms with Gasteiger partial charge in [0.25, 0.3) is 0 Å². The minimum atomic E-state index is -0.241. The smallest absolute Gasteiger partial charge is 0.235 e. The lowest BCUT2D eigenvalue weighted by Gasteiger charge is -2.26. The second kappa shape index (κ2) is 5.80. The number of nitrogens with one attached hydrogen (secondary N) is 1. The van der Waals surface area contributed by atoms with Gasteiger partial charge in [-0.05, 0) is 26.2 Å². The fourth-order valence-electron chi connectivity index (χ4n) is 2.26. The van der Waals surface area contributed by atoms with Gasteiger partial charge in [0.2, 0.25) is 5.91 Å². The summed E-state index contributed by atoms with van der Waals surface area (Å²) in [5.74, 6) is -0.241. The van der Waals surface area contributed by atoms with E-state index in [9.17, 15) is 4.79 Å². The number of ether oxygens (including phenoxy) is 1. The third kappa shape index (κ3) is 4.26. The molecule has 0 aromatic carbocycles. The van der Waals surface area contributed by atoms with Gasteiger partial charge in [0.15, 0.2) is 0 Å². The molecule has 2 atom stereocenters. The molecule has 2 fully saturated rings. The fraction of sp³-hybridized carbons (Fsp3) is 0.917. The molecular formula is C12H23N3O2. The topological polar surface area (TPSA) is 67.6 Å². The number of carbonyl (C=O) groups excluding carboxylic acids is 1. The first-order valence-electron chi connectivity index (χ1n) is 6.54. The van der Waals surface area contributed by atoms with Crippen LogP contribution in [0.15, 0.2) is 0 Å². The van der Waals surface area contributed by atoms with Crippen LogP contribution in [-0.4, -0.2) is 55.2 Å². The van der Waals surface area contributed by atoms with E-state index in [1.807, 2.05) is 0 Å². The van der Waals surface area contributed by atoms with Crippen LogP contribution in [0.3, 0.4) is 0 Å². The molecule has 0 aromatic rings. The number of hydrogen-bond donors (Lipinski definition) is 2. The standard InChI is InChI=1S/C12H23N3O2/c1-9-7-15(5-2-6-17-9)8-11(12(13)16)14-10-3-4-10/h9-11,14H,2-8H2,1H3,(H2,13,16). The lowest BCUT2D eigenvalue weighted by Crippen LogP contribution is -2.50. The summed E-state index contributed by atoms with van der Waals surface area (Å²) >= 11 is 0. The van der Waals surface area contributed by atoms with Crippen molar-refractivity contribution in [3.8, 4) is 0 Å². The van der Waals surface area contributed by atoms with Crippen molar-refractivity contribution in [1.82, 2.24) is 10.2 Å². The van der Waals surface area contributed by atoms with Gasteiger partial charge < -0.3 is 15.8 Å². The number of rotatable bonds is 5. The molecule has 1 aliphatic heterocycles. The second-order valence-electron chi connectivity index (χ2n) is 5.19. The van der Waals surface area contributed by atoms with Crippen LogP contribution in [0.1, 0.15) is 26.2 Å². The van der Waals surface area contributed by atoms with Crippen LogP contribution in [0.25, 0.3) is 0 Å². The van der Waals surface area contributed by atoms with Crippen molar-refractivity contribution in [2.45, 2.75) is 44.4 Å². The van der Waals surface area contributed by atoms with Gasteiger partial charge >= 0.3 is 0 Å². The van der Waals surface area contributed by atoms with Crippen LogP contribution in [-0.2, 0) is 9.53 Å². The molecule has 17 heavy (non-hydrogen) atoms. The largest absolute Gasteiger partial charge is 0.377 e. The van der Waals surface area contributed by atoms with Crippen LogP contribution in [0, 0.1) is 0 Å². The lowest BCUT2D eigenvalue weighted by molar-refractivity contribution is -0.120. The molecule has 2 unspecified atom stereocenters. The van der Waals surface area contributed by atoms with Crippen molar-refractivity contribution in [1.29, 1.82) is 0 Å². The highest BCUT2D eigenvalue weighted by molar-refractivity contribution is 5.80. The third-order valence-electron chi connectivity index (χ3n) is 3.33. The summed E-state index contributed by atoms with van der Waals surface area (Å²) in [6, 6.07) is 0.293. The second-order valence-corrected chi connectivity index (χ2v) is 5.19. The van der Waals surface area contributed by atoms with E-state index >= 15 is 0 Å². The number of nitrogens with zero attached hydrogens (tertiary/aromatic N) is 1. The van der Waals surface area contributed by atoms with E-state index < -0.39 is 0 Å². The molecule has 1 heterocycles. The van der Waals surface area contributed by atoms with E-state index in [0.29, 0.717) is 12.6 Å². The monoisotopic (exact) mass is 241 g/mol. The highest BCUT2D eigenvalue weighted by atomic mass is 16.5. The highest BCUT2D eigenvalue weighted by Crippen LogP contribution is 2.19. The van der Waals surface area contributed by atoms with E-state index in [4.69, 9.17) is 10.5 Å². The molecule has 0 aromatic heterocycles. The number of hydrogen-bond acceptors (Lipinski definition) is 4. The van der Waals surface area contributed by atoms with Crippen molar-refractivity contribution in [3.05, 3.63) is 0 Å². The first kappa shape index (κ1) is 12.8. The van der Waals surface area contributed by atoms with Crippen molar-refractivity contribution >= 4 is 5.91 Å². The molecule has 1 amide bonds. The fourth-order valence-corrected chi connectivity index (χ4v) is 2.26. The van der Waals surface area contributed by atoms with E-state index in [0.717, 1.165) is 26.1 Å². The molecule has 2 rings (SSSR count). The average Bonchev–Trinajstić information content (AvgIpc) is 3.06. The Morgan fingerprint density at radius 2 is 2.35 bits per heavy atom. The van der Waals surface area contributed by atoms with Crippen LogP contribution in [0.5, 0.6) is 0 Å². The number of carbonyl (C=O) groups is 1. The molecule has 5 nitrogen and oxygen atoms in total. The van der Waals surface area contributed by atoms with Gasteiger partial charge in [-0.25, -0.2) is 0 Å². The van der Waals surface area contributed by atoms with Gasteiger partial charge in [-0.3, -0.25) is 9.69 Å². The van der Waals surface area contributed by atoms with Crippen molar-refractivity contribution in [2.24, 2.45) is 5.73 Å². The minimum absolute atomic E-state index is 0.215. The SMILES string of the molecule is CC1CN(CC(NC2CC2)C(N)=O)CCCO1. The Morgan fingerprint density at radius 1 is 1.59 bits per heavy atom. The van der Waals surface area contributed by atoms with Gasteiger partial charge in [-0.1, -0.05) is 0 Å². The van der Waals surface area contributed by atoms with Crippen molar-refractivity contribution < 1.29 is 9.53 Å². The van der Waals surface area contributed by atoms with E-state index in [1.165, 1.54) is 12.8 Å². The Kier molecular flexibility index (Phi) is 4.36. The normalized spacial score (nSPS) is 28.6. The maximum Gasteiger partial charge on any atom is 0.235 e. The molecule has 1 aliphatic carbocycles. The van der Waals surface area contributed by atoms with Crippen LogP contribution >= 0.6 is 0 Å². The maximum atomic E-state index is 11.4. The molecule has 98 valence electrons. The Morgan fingerprint density at radius 3 is 3.00 bits per heavy atom. The van der Waals surface area contributed by atoms with Gasteiger partial charge in [0.1, 0.15) is 0 Å². The Hall–Kier alpha value is -0.650. The predicted octanol–water partition coefficient (Wildman–Crippen LogP) is -0.297. The summed E-state index contributed by atoms with van der Waals surface area (Å²) in [6.45, 7) is 5.47. The Labute approximate surface area is 103 Å². The van der Waals surface area contributed by atoms with Gasteiger partial charge in [-0.2, -0.15) is 0 Å². The molecule has 0 bridgehead atoms. The molecule has 1 saturated carbocycles. The Bertz CT molecular complexity index is 268. The molecule has 1 saturated heterocycles. The summed E-state index contributed by atoms with van der Waals surface area (Å²) in [6.07, 6.45) is 3.61. The van der Waals surface area contributed by atoms with E-state index in [2.05, 4.69) is 17.1 Å². The summed E-state index contributed by atoms with van der Waals surface area (Å²) < 4.78 is 5.59. The maximum absolute atomic E-state index is 11.4. The third-order valence-corrected chi connectivity index (χ3v) is 3.33. The highest BCUT2D eigenvalue weighted by Gasteiger charge is 2.29. The van der Waals surface area contributed by atoms with Crippen molar-refractivity contribution in [2.75, 3.05) is 26.2 Å². The van der Waals surface area contributed by atoms with E-state index in [-0.39, 0.29) is 18.1 Å². The summed E-state index contributed by atoms with van der Waals surface area (Å²) in [5, 5.41) is 3.32. The van der Waals surface area contributed by atoms with E-state index in [1.54, 1.807) is 0 Å². The zero-order chi connectivity index (χ0) is 12.3. The molecule has 0 radical (unpaired) electrons. The molecule has 0 spiro atoms. The summed E-state index contributed by atoms with van der Waals surface area (Å²) in [7, 11) is 0. The van der Waals surface area contributed by atoms with Crippen LogP contribution in [0.4, 0.5) is 0 Å². The number of amides is 1. The van der Waals surface area contributed by atoms with Crippen LogP contribution in [0.2, 0.25) is 0 Å². The molecule has 5 heteroatoms. The van der Waals surface area contributed by atoms with Crippen LogP contribution < -0.4 is 11.1 Å². The zero-order valence-corrected chi connectivity index (χ0v) is 10.5. The Balaban J connectivity index is 1.84. The summed E-state index contributed by atoms with van der Waals surface area (Å²) in [5.41, 5.74) is 5.44. The number of nitrogens with two attached hydrogens (primary N) is 1. The minimum Gasteiger partial charge on any atom is -0.377 e.